The lowest BCUT2D eigenvalue weighted by Gasteiger charge is -2.51. The van der Waals surface area contributed by atoms with Gasteiger partial charge in [0.05, 0.1) is 23.1 Å². The number of piperidine rings is 1. The summed E-state index contributed by atoms with van der Waals surface area (Å²) in [5.74, 6) is 0.386. The van der Waals surface area contributed by atoms with Crippen LogP contribution in [0.3, 0.4) is 0 Å². The van der Waals surface area contributed by atoms with Gasteiger partial charge in [0.25, 0.3) is 5.91 Å². The summed E-state index contributed by atoms with van der Waals surface area (Å²) in [6, 6.07) is 11.6. The van der Waals surface area contributed by atoms with Crippen molar-refractivity contribution in [3.63, 3.8) is 0 Å². The Kier molecular flexibility index (Phi) is 10.0. The van der Waals surface area contributed by atoms with Crippen molar-refractivity contribution in [2.24, 2.45) is 17.8 Å². The molecule has 10 heteroatoms. The number of sulfonamides is 1. The highest BCUT2D eigenvalue weighted by Gasteiger charge is 2.49. The summed E-state index contributed by atoms with van der Waals surface area (Å²) in [4.78, 5) is 18.5. The highest BCUT2D eigenvalue weighted by atomic mass is 35.5. The molecule has 49 heavy (non-hydrogen) atoms. The first-order valence-corrected chi connectivity index (χ1v) is 20.7. The fourth-order valence-corrected chi connectivity index (χ4v) is 11.1. The highest BCUT2D eigenvalue weighted by molar-refractivity contribution is 7.90. The molecule has 2 aromatic carbocycles. The van der Waals surface area contributed by atoms with Crippen LogP contribution in [-0.4, -0.2) is 74.5 Å². The Hall–Kier alpha value is -2.33. The molecule has 2 fully saturated rings. The molecule has 8 nitrogen and oxygen atoms in total. The van der Waals surface area contributed by atoms with Gasteiger partial charge in [-0.05, 0) is 143 Å². The van der Waals surface area contributed by atoms with Crippen LogP contribution in [0.25, 0.3) is 0 Å². The van der Waals surface area contributed by atoms with E-state index < -0.39 is 26.8 Å². The Morgan fingerprint density at radius 3 is 2.59 bits per heavy atom. The van der Waals surface area contributed by atoms with Crippen LogP contribution in [0.1, 0.15) is 106 Å². The standard InChI is InChI=1S/C39H54ClN3O5S/c1-27-8-6-17-39(45,18-21-42-19-4-3-5-20-42)34-13-10-31(34)24-43-25-38(16-7-9-29-22-32(40)12-14-33(29)38)26-48-36-15-11-30(23-35(36)43)37(44)41-49(46,47)28(27)2/h11-12,14-15,22-23,27-28,31,34,45H,3-10,13,16-21,24-26H2,1-2H3,(H,41,44)/t27-,28+,31-,34+,38-,39+/m0/s1. The van der Waals surface area contributed by atoms with Gasteiger partial charge in [-0.25, -0.2) is 13.1 Å². The Balaban J connectivity index is 1.27. The summed E-state index contributed by atoms with van der Waals surface area (Å²) in [5.41, 5.74) is 2.59. The number of carbonyl (C=O) groups is 1. The molecule has 7 rings (SSSR count). The molecular weight excluding hydrogens is 658 g/mol. The van der Waals surface area contributed by atoms with E-state index in [4.69, 9.17) is 16.3 Å². The van der Waals surface area contributed by atoms with Crippen molar-refractivity contribution in [1.29, 1.82) is 0 Å². The fourth-order valence-electron chi connectivity index (χ4n) is 9.62. The monoisotopic (exact) mass is 711 g/mol. The van der Waals surface area contributed by atoms with Crippen molar-refractivity contribution < 1.29 is 23.1 Å². The number of fused-ring (bicyclic) bond motifs is 4. The number of anilines is 1. The van der Waals surface area contributed by atoms with E-state index in [2.05, 4.69) is 26.7 Å². The number of benzene rings is 2. The first-order valence-electron chi connectivity index (χ1n) is 18.8. The second-order valence-corrected chi connectivity index (χ2v) is 18.5. The lowest BCUT2D eigenvalue weighted by atomic mass is 9.62. The molecule has 1 amide bonds. The topological polar surface area (TPSA) is 99.2 Å². The Morgan fingerprint density at radius 1 is 1.00 bits per heavy atom. The summed E-state index contributed by atoms with van der Waals surface area (Å²) in [6.45, 7) is 8.70. The smallest absolute Gasteiger partial charge is 0.264 e. The van der Waals surface area contributed by atoms with Gasteiger partial charge in [0, 0.05) is 35.6 Å². The molecule has 6 atom stereocenters. The third-order valence-corrected chi connectivity index (χ3v) is 15.1. The van der Waals surface area contributed by atoms with Crippen LogP contribution in [0.4, 0.5) is 5.69 Å². The van der Waals surface area contributed by atoms with Gasteiger partial charge in [0.15, 0.2) is 0 Å². The summed E-state index contributed by atoms with van der Waals surface area (Å²) in [6.07, 6.45) is 11.6. The largest absolute Gasteiger partial charge is 0.490 e. The number of rotatable bonds is 3. The van der Waals surface area contributed by atoms with Crippen LogP contribution < -0.4 is 14.4 Å². The quantitative estimate of drug-likeness (QED) is 0.365. The van der Waals surface area contributed by atoms with Crippen LogP contribution in [0.2, 0.25) is 5.02 Å². The minimum absolute atomic E-state index is 0.161. The number of aryl methyl sites for hydroxylation is 1. The first kappa shape index (κ1) is 35.1. The Bertz CT molecular complexity index is 1650. The number of hydrogen-bond acceptors (Lipinski definition) is 7. The maximum Gasteiger partial charge on any atom is 0.264 e. The van der Waals surface area contributed by atoms with E-state index in [1.54, 1.807) is 13.0 Å². The molecule has 0 unspecified atom stereocenters. The van der Waals surface area contributed by atoms with Gasteiger partial charge in [0.1, 0.15) is 5.75 Å². The minimum Gasteiger partial charge on any atom is -0.490 e. The molecule has 0 radical (unpaired) electrons. The van der Waals surface area contributed by atoms with Gasteiger partial charge in [-0.15, -0.1) is 0 Å². The summed E-state index contributed by atoms with van der Waals surface area (Å²) in [7, 11) is -3.92. The lowest BCUT2D eigenvalue weighted by Crippen LogP contribution is -2.54. The van der Waals surface area contributed by atoms with E-state index >= 15 is 0 Å². The van der Waals surface area contributed by atoms with Crippen molar-refractivity contribution in [1.82, 2.24) is 9.62 Å². The molecule has 2 N–H and O–H groups in total. The molecule has 2 aliphatic carbocycles. The molecule has 3 heterocycles. The number of aliphatic hydroxyl groups is 1. The minimum atomic E-state index is -3.92. The molecular formula is C39H54ClN3O5S. The van der Waals surface area contributed by atoms with Gasteiger partial charge in [-0.1, -0.05) is 37.4 Å². The average molecular weight is 712 g/mol. The molecule has 2 bridgehead atoms. The number of carbonyl (C=O) groups excluding carboxylic acids is 1. The number of nitrogens with zero attached hydrogens (tertiary/aromatic N) is 2. The summed E-state index contributed by atoms with van der Waals surface area (Å²) < 4.78 is 36.0. The summed E-state index contributed by atoms with van der Waals surface area (Å²) in [5, 5.41) is 12.7. The summed E-state index contributed by atoms with van der Waals surface area (Å²) >= 11 is 6.47. The SMILES string of the molecule is C[C@@H]1[C@@H](C)CCC[C@@](O)(CCN2CCCCC2)[C@@H]2CC[C@H]2CN2C[C@@]3(CCCc4cc(Cl)ccc43)COc3ccc(cc32)C(=O)NS1(=O)=O. The number of halogens is 1. The fraction of sp³-hybridized carbons (Fsp3) is 0.667. The number of ether oxygens (including phenoxy) is 1. The van der Waals surface area contributed by atoms with Crippen LogP contribution in [0, 0.1) is 17.8 Å². The van der Waals surface area contributed by atoms with Crippen LogP contribution in [0.15, 0.2) is 36.4 Å². The maximum atomic E-state index is 13.6. The zero-order chi connectivity index (χ0) is 34.4. The Labute approximate surface area is 298 Å². The van der Waals surface area contributed by atoms with Crippen LogP contribution >= 0.6 is 11.6 Å². The van der Waals surface area contributed by atoms with E-state index in [1.165, 1.54) is 30.4 Å². The molecule has 2 aromatic rings. The second-order valence-electron chi connectivity index (χ2n) is 16.0. The predicted molar refractivity (Wildman–Crippen MR) is 195 cm³/mol. The Morgan fingerprint density at radius 2 is 1.82 bits per heavy atom. The molecule has 0 aromatic heterocycles. The third kappa shape index (κ3) is 7.11. The lowest BCUT2D eigenvalue weighted by molar-refractivity contribution is -0.0980. The average Bonchev–Trinajstić information content (AvgIpc) is 3.22. The predicted octanol–water partition coefficient (Wildman–Crippen LogP) is 6.71. The van der Waals surface area contributed by atoms with Crippen molar-refractivity contribution in [2.75, 3.05) is 44.2 Å². The van der Waals surface area contributed by atoms with Crippen LogP contribution in [-0.2, 0) is 21.9 Å². The third-order valence-electron chi connectivity index (χ3n) is 13.0. The molecule has 1 saturated carbocycles. The van der Waals surface area contributed by atoms with E-state index in [0.717, 1.165) is 81.8 Å². The van der Waals surface area contributed by atoms with E-state index in [-0.39, 0.29) is 17.3 Å². The molecule has 1 saturated heterocycles. The number of amides is 1. The van der Waals surface area contributed by atoms with E-state index in [9.17, 15) is 18.3 Å². The van der Waals surface area contributed by atoms with Gasteiger partial charge < -0.3 is 19.6 Å². The molecule has 3 aliphatic heterocycles. The van der Waals surface area contributed by atoms with Crippen molar-refractivity contribution in [3.8, 4) is 5.75 Å². The maximum absolute atomic E-state index is 13.6. The number of nitrogens with one attached hydrogen (secondary N) is 1. The van der Waals surface area contributed by atoms with Crippen molar-refractivity contribution in [3.05, 3.63) is 58.1 Å². The zero-order valence-corrected chi connectivity index (χ0v) is 30.8. The first-order chi connectivity index (χ1) is 23.5. The van der Waals surface area contributed by atoms with Crippen molar-refractivity contribution >= 4 is 33.2 Å². The highest BCUT2D eigenvalue weighted by Crippen LogP contribution is 2.50. The van der Waals surface area contributed by atoms with Gasteiger partial charge in [-0.3, -0.25) is 4.79 Å². The van der Waals surface area contributed by atoms with Crippen LogP contribution in [0.5, 0.6) is 5.75 Å². The molecule has 1 spiro atoms. The number of likely N-dealkylation sites (tertiary alicyclic amines) is 1. The molecule has 5 aliphatic rings. The van der Waals surface area contributed by atoms with E-state index in [1.807, 2.05) is 25.1 Å². The second kappa shape index (κ2) is 14.0. The van der Waals surface area contributed by atoms with Gasteiger partial charge in [-0.2, -0.15) is 0 Å². The molecule has 268 valence electrons. The van der Waals surface area contributed by atoms with E-state index in [0.29, 0.717) is 43.2 Å². The van der Waals surface area contributed by atoms with Crippen molar-refractivity contribution in [2.45, 2.75) is 107 Å². The zero-order valence-electron chi connectivity index (χ0n) is 29.3. The van der Waals surface area contributed by atoms with Gasteiger partial charge in [0.2, 0.25) is 10.0 Å². The van der Waals surface area contributed by atoms with Gasteiger partial charge >= 0.3 is 0 Å². The normalized spacial score (nSPS) is 33.7. The number of hydrogen-bond donors (Lipinski definition) is 2.